The van der Waals surface area contributed by atoms with E-state index in [4.69, 9.17) is 26.2 Å². The van der Waals surface area contributed by atoms with Gasteiger partial charge >= 0.3 is 18.1 Å². The molecule has 1 fully saturated rings. The summed E-state index contributed by atoms with van der Waals surface area (Å²) in [7, 11) is 0. The number of alkyl halides is 3. The predicted molar refractivity (Wildman–Crippen MR) is 119 cm³/mol. The molecule has 0 saturated carbocycles. The quantitative estimate of drug-likeness (QED) is 0.550. The van der Waals surface area contributed by atoms with Gasteiger partial charge in [-0.15, -0.1) is 0 Å². The van der Waals surface area contributed by atoms with Crippen LogP contribution in [-0.4, -0.2) is 52.9 Å². The number of aliphatic carboxylic acids is 2. The molecule has 2 N–H and O–H groups in total. The van der Waals surface area contributed by atoms with Crippen LogP contribution in [-0.2, 0) is 33.0 Å². The molecule has 1 spiro atoms. The summed E-state index contributed by atoms with van der Waals surface area (Å²) >= 11 is 6.13. The fourth-order valence-electron chi connectivity index (χ4n) is 4.40. The number of carboxylic acid groups (broad SMARTS) is 2. The highest BCUT2D eigenvalue weighted by atomic mass is 35.5. The maximum Gasteiger partial charge on any atom is 0.490 e. The van der Waals surface area contributed by atoms with Gasteiger partial charge < -0.3 is 19.8 Å². The standard InChI is InChI=1S/C22H23ClFNO3.C2HF3O2/c23-20-6-5-18(24)12-16(20)11-17(21(26)27)13-25-9-7-22(8-10-25)19-4-2-1-3-15(19)14-28-22;3-2(4,5)1(6)7/h1-6,12,17H,7-11,13-14H2,(H,26,27);(H,6,7). The Morgan fingerprint density at radius 2 is 1.74 bits per heavy atom. The molecule has 0 radical (unpaired) electrons. The van der Waals surface area contributed by atoms with E-state index in [-0.39, 0.29) is 12.0 Å². The van der Waals surface area contributed by atoms with Crippen molar-refractivity contribution in [2.24, 2.45) is 5.92 Å². The minimum Gasteiger partial charge on any atom is -0.481 e. The number of benzene rings is 2. The molecular weight excluding hydrogens is 494 g/mol. The second kappa shape index (κ2) is 10.9. The van der Waals surface area contributed by atoms with Gasteiger partial charge in [-0.25, -0.2) is 9.18 Å². The van der Waals surface area contributed by atoms with Crippen LogP contribution in [0.3, 0.4) is 0 Å². The van der Waals surface area contributed by atoms with Gasteiger partial charge in [-0.2, -0.15) is 13.2 Å². The van der Waals surface area contributed by atoms with Crippen molar-refractivity contribution in [2.75, 3.05) is 19.6 Å². The minimum atomic E-state index is -5.08. The fourth-order valence-corrected chi connectivity index (χ4v) is 4.60. The van der Waals surface area contributed by atoms with Gasteiger partial charge in [-0.1, -0.05) is 35.9 Å². The van der Waals surface area contributed by atoms with Gasteiger partial charge in [0, 0.05) is 24.7 Å². The van der Waals surface area contributed by atoms with Crippen LogP contribution in [0, 0.1) is 11.7 Å². The number of hydrogen-bond donors (Lipinski definition) is 2. The molecule has 0 aliphatic carbocycles. The summed E-state index contributed by atoms with van der Waals surface area (Å²) in [5.41, 5.74) is 2.82. The third-order valence-corrected chi connectivity index (χ3v) is 6.59. The van der Waals surface area contributed by atoms with Crippen molar-refractivity contribution in [3.63, 3.8) is 0 Å². The summed E-state index contributed by atoms with van der Waals surface area (Å²) < 4.78 is 51.4. The molecule has 4 rings (SSSR count). The fraction of sp³-hybridized carbons (Fsp3) is 0.417. The molecule has 2 aromatic rings. The number of hydrogen-bond acceptors (Lipinski definition) is 4. The van der Waals surface area contributed by atoms with Crippen molar-refractivity contribution in [1.29, 1.82) is 0 Å². The Hall–Kier alpha value is -2.69. The van der Waals surface area contributed by atoms with E-state index in [1.807, 2.05) is 12.1 Å². The lowest BCUT2D eigenvalue weighted by Gasteiger charge is -2.40. The highest BCUT2D eigenvalue weighted by molar-refractivity contribution is 6.31. The molecule has 0 aromatic heterocycles. The maximum absolute atomic E-state index is 13.5. The van der Waals surface area contributed by atoms with E-state index in [0.29, 0.717) is 23.7 Å². The number of likely N-dealkylation sites (tertiary alicyclic amines) is 1. The van der Waals surface area contributed by atoms with E-state index >= 15 is 0 Å². The topological polar surface area (TPSA) is 87.1 Å². The van der Waals surface area contributed by atoms with E-state index in [1.165, 1.54) is 29.3 Å². The molecule has 2 heterocycles. The van der Waals surface area contributed by atoms with Gasteiger partial charge in [0.25, 0.3) is 0 Å². The lowest BCUT2D eigenvalue weighted by Crippen LogP contribution is -2.45. The zero-order valence-electron chi connectivity index (χ0n) is 18.5. The van der Waals surface area contributed by atoms with Crippen LogP contribution in [0.1, 0.15) is 29.5 Å². The second-order valence-electron chi connectivity index (χ2n) is 8.52. The second-order valence-corrected chi connectivity index (χ2v) is 8.93. The molecular formula is C24H24ClF4NO5. The number of carbonyl (C=O) groups is 2. The number of nitrogens with zero attached hydrogens (tertiary/aromatic N) is 1. The molecule has 2 aliphatic rings. The van der Waals surface area contributed by atoms with Gasteiger partial charge in [-0.05, 0) is 54.2 Å². The van der Waals surface area contributed by atoms with Crippen LogP contribution in [0.15, 0.2) is 42.5 Å². The van der Waals surface area contributed by atoms with Gasteiger partial charge in [0.05, 0.1) is 18.1 Å². The lowest BCUT2D eigenvalue weighted by atomic mass is 9.83. The maximum atomic E-state index is 13.5. The largest absolute Gasteiger partial charge is 0.490 e. The van der Waals surface area contributed by atoms with Crippen molar-refractivity contribution < 1.29 is 42.1 Å². The molecule has 1 atom stereocenters. The molecule has 6 nitrogen and oxygen atoms in total. The van der Waals surface area contributed by atoms with Gasteiger partial charge in [0.1, 0.15) is 5.82 Å². The van der Waals surface area contributed by atoms with Crippen molar-refractivity contribution >= 4 is 23.5 Å². The van der Waals surface area contributed by atoms with Crippen molar-refractivity contribution in [3.8, 4) is 0 Å². The monoisotopic (exact) mass is 517 g/mol. The van der Waals surface area contributed by atoms with E-state index < -0.39 is 29.9 Å². The Labute approximate surface area is 204 Å². The molecule has 1 unspecified atom stereocenters. The van der Waals surface area contributed by atoms with Crippen LogP contribution < -0.4 is 0 Å². The third kappa shape index (κ3) is 6.71. The van der Waals surface area contributed by atoms with Gasteiger partial charge in [0.15, 0.2) is 0 Å². The Morgan fingerprint density at radius 3 is 2.34 bits per heavy atom. The minimum absolute atomic E-state index is 0.215. The normalized spacial score (nSPS) is 17.9. The first-order chi connectivity index (χ1) is 16.4. The Balaban J connectivity index is 0.000000429. The molecule has 0 bridgehead atoms. The first kappa shape index (κ1) is 26.9. The summed E-state index contributed by atoms with van der Waals surface area (Å²) in [6.45, 7) is 2.61. The van der Waals surface area contributed by atoms with Gasteiger partial charge in [0.2, 0.25) is 0 Å². The van der Waals surface area contributed by atoms with Crippen LogP contribution in [0.5, 0.6) is 0 Å². The van der Waals surface area contributed by atoms with Crippen molar-refractivity contribution in [2.45, 2.75) is 37.6 Å². The van der Waals surface area contributed by atoms with E-state index in [2.05, 4.69) is 17.0 Å². The summed E-state index contributed by atoms with van der Waals surface area (Å²) in [6, 6.07) is 12.4. The summed E-state index contributed by atoms with van der Waals surface area (Å²) in [5, 5.41) is 17.2. The first-order valence-corrected chi connectivity index (χ1v) is 11.2. The third-order valence-electron chi connectivity index (χ3n) is 6.22. The number of piperidine rings is 1. The van der Waals surface area contributed by atoms with E-state index in [9.17, 15) is 27.5 Å². The van der Waals surface area contributed by atoms with Crippen molar-refractivity contribution in [1.82, 2.24) is 4.90 Å². The van der Waals surface area contributed by atoms with Crippen LogP contribution >= 0.6 is 11.6 Å². The molecule has 2 aliphatic heterocycles. The van der Waals surface area contributed by atoms with Crippen LogP contribution in [0.2, 0.25) is 5.02 Å². The molecule has 35 heavy (non-hydrogen) atoms. The van der Waals surface area contributed by atoms with E-state index in [1.54, 1.807) is 0 Å². The number of rotatable bonds is 5. The number of carboxylic acids is 2. The number of halogens is 5. The first-order valence-electron chi connectivity index (χ1n) is 10.8. The molecule has 0 amide bonds. The van der Waals surface area contributed by atoms with Crippen molar-refractivity contribution in [3.05, 3.63) is 70.0 Å². The molecule has 2 aromatic carbocycles. The highest BCUT2D eigenvalue weighted by Crippen LogP contribution is 2.44. The lowest BCUT2D eigenvalue weighted by molar-refractivity contribution is -0.192. The van der Waals surface area contributed by atoms with Crippen LogP contribution in [0.25, 0.3) is 0 Å². The SMILES string of the molecule is O=C(O)C(Cc1cc(F)ccc1Cl)CN1CCC2(CC1)OCc1ccccc12.O=C(O)C(F)(F)F. The predicted octanol–water partition coefficient (Wildman–Crippen LogP) is 4.88. The number of ether oxygens (including phenoxy) is 1. The summed E-state index contributed by atoms with van der Waals surface area (Å²) in [5.74, 6) is -4.68. The zero-order chi connectivity index (χ0) is 25.8. The summed E-state index contributed by atoms with van der Waals surface area (Å²) in [4.78, 5) is 22.9. The Bertz CT molecular complexity index is 1070. The van der Waals surface area contributed by atoms with Gasteiger partial charge in [-0.3, -0.25) is 4.79 Å². The average molecular weight is 518 g/mol. The Morgan fingerprint density at radius 1 is 1.11 bits per heavy atom. The smallest absolute Gasteiger partial charge is 0.481 e. The highest BCUT2D eigenvalue weighted by Gasteiger charge is 2.42. The zero-order valence-corrected chi connectivity index (χ0v) is 19.3. The van der Waals surface area contributed by atoms with E-state index in [0.717, 1.165) is 25.9 Å². The summed E-state index contributed by atoms with van der Waals surface area (Å²) in [6.07, 6.45) is -3.18. The molecule has 1 saturated heterocycles. The molecule has 11 heteroatoms. The number of fused-ring (bicyclic) bond motifs is 2. The molecule has 190 valence electrons. The average Bonchev–Trinajstić information content (AvgIpc) is 3.15. The van der Waals surface area contributed by atoms with Crippen LogP contribution in [0.4, 0.5) is 17.6 Å². The Kier molecular flexibility index (Phi) is 8.40.